The highest BCUT2D eigenvalue weighted by molar-refractivity contribution is 6.60. The van der Waals surface area contributed by atoms with Crippen LogP contribution in [0.5, 0.6) is 0 Å². The van der Waals surface area contributed by atoms with Gasteiger partial charge in [-0.3, -0.25) is 0 Å². The minimum absolute atomic E-state index is 0.181. The molecule has 6 heteroatoms. The molecule has 5 nitrogen and oxygen atoms in total. The molecule has 1 aliphatic heterocycles. The van der Waals surface area contributed by atoms with Crippen molar-refractivity contribution in [3.05, 3.63) is 0 Å². The quantitative estimate of drug-likeness (QED) is 0.610. The molecule has 1 rings (SSSR count). The molecule has 0 amide bonds. The van der Waals surface area contributed by atoms with Crippen molar-refractivity contribution in [1.29, 1.82) is 0 Å². The number of hydrogen-bond acceptors (Lipinski definition) is 5. The van der Waals surface area contributed by atoms with Crippen LogP contribution in [0.15, 0.2) is 0 Å². The lowest BCUT2D eigenvalue weighted by molar-refractivity contribution is -0.310. The van der Waals surface area contributed by atoms with E-state index >= 15 is 0 Å². The van der Waals surface area contributed by atoms with Crippen molar-refractivity contribution in [2.75, 3.05) is 35.0 Å². The predicted octanol–water partition coefficient (Wildman–Crippen LogP) is 2.23. The molecule has 114 valence electrons. The van der Waals surface area contributed by atoms with Gasteiger partial charge in [0.05, 0.1) is 12.2 Å². The zero-order chi connectivity index (χ0) is 14.6. The molecule has 0 aromatic heterocycles. The van der Waals surface area contributed by atoms with Crippen molar-refractivity contribution in [2.45, 2.75) is 50.4 Å². The number of rotatable bonds is 9. The molecule has 1 fully saturated rings. The minimum atomic E-state index is -2.47. The van der Waals surface area contributed by atoms with Gasteiger partial charge in [-0.2, -0.15) is 0 Å². The van der Waals surface area contributed by atoms with Crippen molar-refractivity contribution in [2.24, 2.45) is 0 Å². The van der Waals surface area contributed by atoms with Gasteiger partial charge in [-0.25, -0.2) is 0 Å². The molecule has 0 aromatic rings. The van der Waals surface area contributed by atoms with Gasteiger partial charge in [-0.15, -0.1) is 0 Å². The fraction of sp³-hybridized carbons (Fsp3) is 1.00. The van der Waals surface area contributed by atoms with Crippen molar-refractivity contribution >= 4 is 8.80 Å². The molecule has 0 aromatic carbocycles. The summed E-state index contributed by atoms with van der Waals surface area (Å²) in [4.78, 5) is 0. The summed E-state index contributed by atoms with van der Waals surface area (Å²) in [5.74, 6) is 0. The van der Waals surface area contributed by atoms with E-state index in [1.165, 1.54) is 0 Å². The summed E-state index contributed by atoms with van der Waals surface area (Å²) in [7, 11) is 4.24. The lowest BCUT2D eigenvalue weighted by atomic mass is 9.74. The summed E-state index contributed by atoms with van der Waals surface area (Å²) in [5, 5.41) is 0. The van der Waals surface area contributed by atoms with Crippen molar-refractivity contribution in [3.8, 4) is 0 Å². The third-order valence-electron chi connectivity index (χ3n) is 4.65. The van der Waals surface area contributed by atoms with E-state index in [9.17, 15) is 0 Å². The van der Waals surface area contributed by atoms with Crippen LogP contribution in [-0.2, 0) is 22.8 Å². The van der Waals surface area contributed by atoms with E-state index in [-0.39, 0.29) is 11.2 Å². The summed E-state index contributed by atoms with van der Waals surface area (Å²) >= 11 is 0. The van der Waals surface area contributed by atoms with E-state index in [0.29, 0.717) is 6.61 Å². The van der Waals surface area contributed by atoms with Gasteiger partial charge in [0.2, 0.25) is 0 Å². The molecular formula is C13H28O5Si. The molecule has 2 unspecified atom stereocenters. The first-order valence-electron chi connectivity index (χ1n) is 6.81. The Balaban J connectivity index is 2.56. The van der Waals surface area contributed by atoms with Gasteiger partial charge >= 0.3 is 8.80 Å². The van der Waals surface area contributed by atoms with E-state index < -0.39 is 8.80 Å². The summed E-state index contributed by atoms with van der Waals surface area (Å²) in [6, 6.07) is 0.793. The molecule has 2 atom stereocenters. The van der Waals surface area contributed by atoms with Crippen LogP contribution in [0.1, 0.15) is 33.1 Å². The first-order chi connectivity index (χ1) is 8.97. The highest BCUT2D eigenvalue weighted by Gasteiger charge is 2.57. The van der Waals surface area contributed by atoms with E-state index in [4.69, 9.17) is 22.8 Å². The van der Waals surface area contributed by atoms with Crippen LogP contribution in [0.4, 0.5) is 0 Å². The Morgan fingerprint density at radius 2 is 1.68 bits per heavy atom. The molecule has 0 saturated carbocycles. The lowest BCUT2D eigenvalue weighted by Crippen LogP contribution is -2.67. The zero-order valence-electron chi connectivity index (χ0n) is 13.1. The Bertz CT molecular complexity index is 268. The first-order valence-corrected chi connectivity index (χ1v) is 8.75. The van der Waals surface area contributed by atoms with E-state index in [1.54, 1.807) is 28.4 Å². The maximum atomic E-state index is 5.76. The zero-order valence-corrected chi connectivity index (χ0v) is 14.1. The molecular weight excluding hydrogens is 264 g/mol. The Labute approximate surface area is 117 Å². The molecule has 19 heavy (non-hydrogen) atoms. The van der Waals surface area contributed by atoms with E-state index in [1.807, 2.05) is 0 Å². The van der Waals surface area contributed by atoms with Crippen molar-refractivity contribution < 1.29 is 22.8 Å². The molecule has 1 heterocycles. The highest BCUT2D eigenvalue weighted by atomic mass is 28.4. The van der Waals surface area contributed by atoms with E-state index in [0.717, 1.165) is 25.3 Å². The average Bonchev–Trinajstić information content (AvgIpc) is 2.46. The van der Waals surface area contributed by atoms with Gasteiger partial charge in [-0.1, -0.05) is 6.92 Å². The summed E-state index contributed by atoms with van der Waals surface area (Å²) < 4.78 is 27.8. The fourth-order valence-electron chi connectivity index (χ4n) is 2.76. The largest absolute Gasteiger partial charge is 0.500 e. The number of ether oxygens (including phenoxy) is 2. The maximum Gasteiger partial charge on any atom is 0.500 e. The van der Waals surface area contributed by atoms with Gasteiger partial charge in [0, 0.05) is 34.5 Å². The second-order valence-electron chi connectivity index (χ2n) is 5.22. The Morgan fingerprint density at radius 3 is 2.00 bits per heavy atom. The molecule has 0 aliphatic carbocycles. The van der Waals surface area contributed by atoms with E-state index in [2.05, 4.69) is 13.8 Å². The normalized spacial score (nSPS) is 31.3. The van der Waals surface area contributed by atoms with Gasteiger partial charge < -0.3 is 22.8 Å². The molecule has 1 aliphatic rings. The van der Waals surface area contributed by atoms with Crippen molar-refractivity contribution in [3.63, 3.8) is 0 Å². The Hall–Kier alpha value is 0.0169. The van der Waals surface area contributed by atoms with Crippen LogP contribution in [-0.4, -0.2) is 55.1 Å². The standard InChI is InChI=1S/C13H28O5Si/c1-7-12(2)13(14-3,11-18-12)9-8-10-19(15-4,16-5)17-6/h7-11H2,1-6H3. The van der Waals surface area contributed by atoms with Crippen LogP contribution in [0.2, 0.25) is 6.04 Å². The van der Waals surface area contributed by atoms with Crippen LogP contribution in [0.25, 0.3) is 0 Å². The molecule has 0 radical (unpaired) electrons. The molecule has 0 N–H and O–H groups in total. The second-order valence-corrected chi connectivity index (χ2v) is 8.31. The monoisotopic (exact) mass is 292 g/mol. The van der Waals surface area contributed by atoms with Gasteiger partial charge in [0.25, 0.3) is 0 Å². The minimum Gasteiger partial charge on any atom is -0.377 e. The third-order valence-corrected chi connectivity index (χ3v) is 7.48. The summed E-state index contributed by atoms with van der Waals surface area (Å²) in [6.07, 6.45) is 2.81. The summed E-state index contributed by atoms with van der Waals surface area (Å²) in [5.41, 5.74) is -0.365. The summed E-state index contributed by atoms with van der Waals surface area (Å²) in [6.45, 7) is 4.91. The predicted molar refractivity (Wildman–Crippen MR) is 75.2 cm³/mol. The highest BCUT2D eigenvalue weighted by Crippen LogP contribution is 2.45. The van der Waals surface area contributed by atoms with Crippen LogP contribution < -0.4 is 0 Å². The van der Waals surface area contributed by atoms with Gasteiger partial charge in [-0.05, 0) is 26.2 Å². The molecule has 0 bridgehead atoms. The lowest BCUT2D eigenvalue weighted by Gasteiger charge is -2.56. The van der Waals surface area contributed by atoms with Crippen LogP contribution >= 0.6 is 0 Å². The second kappa shape index (κ2) is 6.65. The fourth-order valence-corrected chi connectivity index (χ4v) is 4.49. The van der Waals surface area contributed by atoms with Crippen LogP contribution in [0.3, 0.4) is 0 Å². The molecule has 1 saturated heterocycles. The topological polar surface area (TPSA) is 46.2 Å². The van der Waals surface area contributed by atoms with Crippen LogP contribution in [0, 0.1) is 0 Å². The SMILES string of the molecule is CCC1(C)OCC1(CCC[Si](OC)(OC)OC)OC. The average molecular weight is 292 g/mol. The Morgan fingerprint density at radius 1 is 1.11 bits per heavy atom. The number of methoxy groups -OCH3 is 1. The van der Waals surface area contributed by atoms with Gasteiger partial charge in [0.15, 0.2) is 0 Å². The molecule has 0 spiro atoms. The van der Waals surface area contributed by atoms with Gasteiger partial charge in [0.1, 0.15) is 5.60 Å². The van der Waals surface area contributed by atoms with Crippen molar-refractivity contribution in [1.82, 2.24) is 0 Å². The Kier molecular flexibility index (Phi) is 5.97. The number of hydrogen-bond donors (Lipinski definition) is 0. The smallest absolute Gasteiger partial charge is 0.377 e. The first kappa shape index (κ1) is 17.1. The maximum absolute atomic E-state index is 5.76. The third kappa shape index (κ3) is 3.04.